The number of urea groups is 1. The van der Waals surface area contributed by atoms with Crippen molar-refractivity contribution in [2.75, 3.05) is 24.2 Å². The van der Waals surface area contributed by atoms with E-state index in [2.05, 4.69) is 21.3 Å². The molecule has 1 aliphatic carbocycles. The molecular weight excluding hydrogens is 708 g/mol. The van der Waals surface area contributed by atoms with Crippen molar-refractivity contribution in [1.82, 2.24) is 20.9 Å². The molecule has 2 aliphatic rings. The Balaban J connectivity index is 1.46. The first kappa shape index (κ1) is 42.5. The summed E-state index contributed by atoms with van der Waals surface area (Å²) in [5.74, 6) is -1.95. The number of unbranched alkanes of at least 4 members (excludes halogenated alkanes) is 2. The summed E-state index contributed by atoms with van der Waals surface area (Å²) in [6.45, 7) is 3.91. The van der Waals surface area contributed by atoms with Crippen LogP contribution < -0.4 is 38.5 Å². The minimum Gasteiger partial charge on any atom is -0.445 e. The standard InChI is InChI=1S/C35H52N8O9S/c1-21(2)29(31(48)41-24(7-6-15-39-33(37)50)30(47)40-23-11-9-22(10-12-23)19-52-34(38)51)42-27(45)8-4-3-5-16-43-28(46)17-25(32(43)49)53-20-35(13-14-35)18-26(36)44/h9-12,21,24-25,29H,3-8,13-20H2,1-2H3,(H2,36,44)(H2,38,51)(H,40,47)(H,41,48)(H,42,45)(H3,37,39,50)/t24-,25?,29-/m0/s1. The number of carbonyl (C=O) groups is 8. The van der Waals surface area contributed by atoms with E-state index in [0.717, 1.165) is 12.8 Å². The topological polar surface area (TPSA) is 275 Å². The Morgan fingerprint density at radius 2 is 1.64 bits per heavy atom. The summed E-state index contributed by atoms with van der Waals surface area (Å²) in [6.07, 6.45) is 3.43. The van der Waals surface area contributed by atoms with E-state index < -0.39 is 41.3 Å². The Bertz CT molecular complexity index is 1500. The highest BCUT2D eigenvalue weighted by molar-refractivity contribution is 8.00. The van der Waals surface area contributed by atoms with Crippen molar-refractivity contribution in [1.29, 1.82) is 0 Å². The van der Waals surface area contributed by atoms with Crippen molar-refractivity contribution < 1.29 is 43.1 Å². The maximum atomic E-state index is 13.4. The number of primary amides is 3. The van der Waals surface area contributed by atoms with Gasteiger partial charge in [-0.3, -0.25) is 33.7 Å². The van der Waals surface area contributed by atoms with Crippen LogP contribution in [0, 0.1) is 11.3 Å². The molecule has 0 bridgehead atoms. The number of likely N-dealkylation sites (tertiary alicyclic amines) is 1. The first-order chi connectivity index (χ1) is 25.1. The Morgan fingerprint density at radius 3 is 2.25 bits per heavy atom. The summed E-state index contributed by atoms with van der Waals surface area (Å²) in [6, 6.07) is 3.77. The summed E-state index contributed by atoms with van der Waals surface area (Å²) in [7, 11) is 0. The van der Waals surface area contributed by atoms with Crippen LogP contribution in [0.2, 0.25) is 0 Å². The van der Waals surface area contributed by atoms with Gasteiger partial charge in [0, 0.05) is 43.8 Å². The fourth-order valence-electron chi connectivity index (χ4n) is 5.84. The molecule has 0 aromatic heterocycles. The quantitative estimate of drug-likeness (QED) is 0.0622. The molecule has 1 aliphatic heterocycles. The maximum absolute atomic E-state index is 13.4. The van der Waals surface area contributed by atoms with Crippen molar-refractivity contribution in [2.45, 2.75) is 102 Å². The second-order valence-corrected chi connectivity index (χ2v) is 15.1. The van der Waals surface area contributed by atoms with E-state index in [4.69, 9.17) is 21.9 Å². The molecule has 18 heteroatoms. The fraction of sp³-hybridized carbons (Fsp3) is 0.600. The SMILES string of the molecule is CC(C)[C@H](NC(=O)CCCCCN1C(=O)CC(SCC2(CC(N)=O)CC2)C1=O)C(=O)N[C@@H](CCCNC(N)=O)C(=O)Nc1ccc(COC(N)=O)cc1. The molecule has 1 aromatic rings. The number of benzene rings is 1. The molecule has 1 saturated carbocycles. The number of nitrogens with one attached hydrogen (secondary N) is 4. The first-order valence-electron chi connectivity index (χ1n) is 17.8. The van der Waals surface area contributed by atoms with Gasteiger partial charge in [0.1, 0.15) is 18.7 Å². The van der Waals surface area contributed by atoms with Crippen molar-refractivity contribution in [3.8, 4) is 0 Å². The molecule has 53 heavy (non-hydrogen) atoms. The second kappa shape index (κ2) is 20.4. The fourth-order valence-corrected chi connectivity index (χ4v) is 7.32. The van der Waals surface area contributed by atoms with Crippen LogP contribution in [0.4, 0.5) is 15.3 Å². The van der Waals surface area contributed by atoms with E-state index in [1.54, 1.807) is 38.1 Å². The van der Waals surface area contributed by atoms with Gasteiger partial charge in [-0.05, 0) is 67.6 Å². The third-order valence-corrected chi connectivity index (χ3v) is 10.6. The van der Waals surface area contributed by atoms with Crippen LogP contribution in [0.1, 0.15) is 83.6 Å². The Hall–Kier alpha value is -4.87. The van der Waals surface area contributed by atoms with E-state index in [0.29, 0.717) is 49.1 Å². The van der Waals surface area contributed by atoms with Gasteiger partial charge in [0.25, 0.3) is 0 Å². The molecule has 9 amide bonds. The minimum absolute atomic E-state index is 0.0408. The largest absolute Gasteiger partial charge is 0.445 e. The van der Waals surface area contributed by atoms with E-state index in [-0.39, 0.29) is 73.9 Å². The predicted octanol–water partition coefficient (Wildman–Crippen LogP) is 1.37. The van der Waals surface area contributed by atoms with Gasteiger partial charge in [-0.2, -0.15) is 0 Å². The number of ether oxygens (including phenoxy) is 1. The van der Waals surface area contributed by atoms with Crippen molar-refractivity contribution in [2.24, 2.45) is 28.5 Å². The first-order valence-corrected chi connectivity index (χ1v) is 18.8. The lowest BCUT2D eigenvalue weighted by molar-refractivity contribution is -0.138. The summed E-state index contributed by atoms with van der Waals surface area (Å²) in [5.41, 5.74) is 16.4. The lowest BCUT2D eigenvalue weighted by Gasteiger charge is -2.25. The molecule has 292 valence electrons. The Kier molecular flexibility index (Phi) is 16.4. The number of nitrogens with zero attached hydrogens (tertiary/aromatic N) is 1. The number of imide groups is 1. The van der Waals surface area contributed by atoms with Crippen molar-refractivity contribution in [3.63, 3.8) is 0 Å². The third kappa shape index (κ3) is 14.6. The van der Waals surface area contributed by atoms with Crippen LogP contribution in [-0.4, -0.2) is 88.6 Å². The monoisotopic (exact) mass is 760 g/mol. The summed E-state index contributed by atoms with van der Waals surface area (Å²) < 4.78 is 4.76. The zero-order chi connectivity index (χ0) is 39.1. The molecule has 3 rings (SSSR count). The van der Waals surface area contributed by atoms with Gasteiger partial charge in [-0.25, -0.2) is 9.59 Å². The summed E-state index contributed by atoms with van der Waals surface area (Å²) in [4.78, 5) is 99.6. The third-order valence-electron chi connectivity index (χ3n) is 9.06. The number of thioether (sulfide) groups is 1. The smallest absolute Gasteiger partial charge is 0.404 e. The normalized spacial score (nSPS) is 17.1. The van der Waals surface area contributed by atoms with E-state index in [1.807, 2.05) is 0 Å². The molecule has 1 unspecified atom stereocenters. The number of carbonyl (C=O) groups excluding carboxylic acids is 8. The lowest BCUT2D eigenvalue weighted by atomic mass is 10.0. The van der Waals surface area contributed by atoms with E-state index in [9.17, 15) is 38.4 Å². The summed E-state index contributed by atoms with van der Waals surface area (Å²) in [5, 5.41) is 10.2. The number of nitrogens with two attached hydrogens (primary N) is 3. The van der Waals surface area contributed by atoms with Gasteiger partial charge in [-0.1, -0.05) is 32.4 Å². The van der Waals surface area contributed by atoms with Gasteiger partial charge >= 0.3 is 12.1 Å². The van der Waals surface area contributed by atoms with Crippen LogP contribution in [0.3, 0.4) is 0 Å². The molecule has 17 nitrogen and oxygen atoms in total. The summed E-state index contributed by atoms with van der Waals surface area (Å²) >= 11 is 1.42. The maximum Gasteiger partial charge on any atom is 0.404 e. The number of hydrogen-bond acceptors (Lipinski definition) is 10. The van der Waals surface area contributed by atoms with E-state index >= 15 is 0 Å². The van der Waals surface area contributed by atoms with Crippen LogP contribution in [0.5, 0.6) is 0 Å². The molecule has 2 fully saturated rings. The van der Waals surface area contributed by atoms with E-state index in [1.165, 1.54) is 16.7 Å². The van der Waals surface area contributed by atoms with Crippen molar-refractivity contribution in [3.05, 3.63) is 29.8 Å². The molecule has 1 saturated heterocycles. The number of amides is 9. The highest BCUT2D eigenvalue weighted by Crippen LogP contribution is 2.52. The van der Waals surface area contributed by atoms with Gasteiger partial charge in [0.2, 0.25) is 35.4 Å². The van der Waals surface area contributed by atoms with Crippen LogP contribution in [-0.2, 0) is 40.1 Å². The Morgan fingerprint density at radius 1 is 0.943 bits per heavy atom. The highest BCUT2D eigenvalue weighted by atomic mass is 32.2. The number of rotatable bonds is 23. The van der Waals surface area contributed by atoms with Crippen LogP contribution >= 0.6 is 11.8 Å². The molecule has 0 radical (unpaired) electrons. The number of anilines is 1. The minimum atomic E-state index is -1.02. The zero-order valence-corrected chi connectivity index (χ0v) is 31.1. The highest BCUT2D eigenvalue weighted by Gasteiger charge is 2.46. The average Bonchev–Trinajstić information content (AvgIpc) is 3.79. The van der Waals surface area contributed by atoms with Crippen LogP contribution in [0.25, 0.3) is 0 Å². The molecule has 1 aromatic carbocycles. The second-order valence-electron chi connectivity index (χ2n) is 13.9. The molecule has 0 spiro atoms. The van der Waals surface area contributed by atoms with Gasteiger partial charge in [0.05, 0.1) is 5.25 Å². The van der Waals surface area contributed by atoms with Crippen LogP contribution in [0.15, 0.2) is 24.3 Å². The molecule has 10 N–H and O–H groups in total. The average molecular weight is 761 g/mol. The lowest BCUT2D eigenvalue weighted by Crippen LogP contribution is -2.54. The molecule has 1 heterocycles. The zero-order valence-electron chi connectivity index (χ0n) is 30.3. The van der Waals surface area contributed by atoms with Gasteiger partial charge in [-0.15, -0.1) is 11.8 Å². The van der Waals surface area contributed by atoms with Gasteiger partial charge in [0.15, 0.2) is 0 Å². The molecule has 3 atom stereocenters. The van der Waals surface area contributed by atoms with Gasteiger partial charge < -0.3 is 43.2 Å². The predicted molar refractivity (Wildman–Crippen MR) is 196 cm³/mol. The molecular formula is C35H52N8O9S. The van der Waals surface area contributed by atoms with Crippen molar-refractivity contribution >= 4 is 65.0 Å². The number of hydrogen-bond donors (Lipinski definition) is 7. The Labute approximate surface area is 313 Å².